The number of piperazine rings is 1. The largest absolute Gasteiger partial charge is 0.353 e. The highest BCUT2D eigenvalue weighted by Crippen LogP contribution is 2.28. The third-order valence-electron chi connectivity index (χ3n) is 6.02. The molecule has 0 radical (unpaired) electrons. The maximum atomic E-state index is 13.0. The van der Waals surface area contributed by atoms with Gasteiger partial charge in [-0.15, -0.1) is 0 Å². The van der Waals surface area contributed by atoms with Gasteiger partial charge in [0.1, 0.15) is 12.1 Å². The summed E-state index contributed by atoms with van der Waals surface area (Å²) in [7, 11) is 0. The minimum Gasteiger partial charge on any atom is -0.353 e. The fourth-order valence-electron chi connectivity index (χ4n) is 4.46. The van der Waals surface area contributed by atoms with E-state index in [2.05, 4.69) is 38.0 Å². The summed E-state index contributed by atoms with van der Waals surface area (Å²) in [6, 6.07) is 14.0. The van der Waals surface area contributed by atoms with Crippen LogP contribution in [0.1, 0.15) is 12.0 Å². The Morgan fingerprint density at radius 1 is 1.00 bits per heavy atom. The Morgan fingerprint density at radius 3 is 2.70 bits per heavy atom. The van der Waals surface area contributed by atoms with Gasteiger partial charge < -0.3 is 9.80 Å². The molecule has 2 aliphatic rings. The molecule has 2 aromatic carbocycles. The molecule has 0 saturated carbocycles. The van der Waals surface area contributed by atoms with E-state index in [1.807, 2.05) is 29.2 Å². The lowest BCUT2D eigenvalue weighted by atomic mass is 10.0. The molecule has 3 heterocycles. The Morgan fingerprint density at radius 2 is 1.83 bits per heavy atom. The van der Waals surface area contributed by atoms with Gasteiger partial charge in [0.25, 0.3) is 0 Å². The Labute approximate surface area is 181 Å². The van der Waals surface area contributed by atoms with Crippen LogP contribution in [0.3, 0.4) is 0 Å². The molecule has 3 aromatic rings. The van der Waals surface area contributed by atoms with Gasteiger partial charge in [0.05, 0.1) is 12.1 Å². The maximum Gasteiger partial charge on any atom is 0.241 e. The summed E-state index contributed by atoms with van der Waals surface area (Å²) >= 11 is 6.10. The summed E-state index contributed by atoms with van der Waals surface area (Å²) in [5.74, 6) is 1.13. The van der Waals surface area contributed by atoms with Crippen LogP contribution in [0, 0.1) is 0 Å². The van der Waals surface area contributed by atoms with Crippen LogP contribution in [-0.4, -0.2) is 60.0 Å². The van der Waals surface area contributed by atoms with Crippen molar-refractivity contribution in [2.75, 3.05) is 49.1 Å². The summed E-state index contributed by atoms with van der Waals surface area (Å²) < 4.78 is 0. The van der Waals surface area contributed by atoms with Crippen LogP contribution in [-0.2, 0) is 11.2 Å². The van der Waals surface area contributed by atoms with Crippen molar-refractivity contribution in [1.29, 1.82) is 0 Å². The second-order valence-corrected chi connectivity index (χ2v) is 8.34. The van der Waals surface area contributed by atoms with Crippen molar-refractivity contribution in [2.24, 2.45) is 0 Å². The third kappa shape index (κ3) is 3.73. The number of aryl methyl sites for hydroxylation is 1. The van der Waals surface area contributed by atoms with Gasteiger partial charge in [0.15, 0.2) is 0 Å². The first kappa shape index (κ1) is 19.3. The smallest absolute Gasteiger partial charge is 0.241 e. The molecule has 1 amide bonds. The topological polar surface area (TPSA) is 52.6 Å². The summed E-state index contributed by atoms with van der Waals surface area (Å²) in [6.45, 7) is 4.60. The number of benzene rings is 2. The van der Waals surface area contributed by atoms with Crippen molar-refractivity contribution in [2.45, 2.75) is 12.8 Å². The van der Waals surface area contributed by atoms with Crippen molar-refractivity contribution in [3.63, 3.8) is 0 Å². The van der Waals surface area contributed by atoms with E-state index in [1.165, 1.54) is 5.56 Å². The van der Waals surface area contributed by atoms with Crippen LogP contribution in [0.15, 0.2) is 48.8 Å². The van der Waals surface area contributed by atoms with Gasteiger partial charge in [-0.3, -0.25) is 9.69 Å². The molecule has 0 bridgehead atoms. The van der Waals surface area contributed by atoms with E-state index >= 15 is 0 Å². The number of amides is 1. The number of fused-ring (bicyclic) bond motifs is 2. The number of nitrogens with zero attached hydrogens (tertiary/aromatic N) is 5. The van der Waals surface area contributed by atoms with E-state index in [1.54, 1.807) is 6.33 Å². The monoisotopic (exact) mass is 421 g/mol. The van der Waals surface area contributed by atoms with Gasteiger partial charge in [0, 0.05) is 48.8 Å². The number of carbonyl (C=O) groups excluding carboxylic acids is 1. The lowest BCUT2D eigenvalue weighted by Gasteiger charge is -2.37. The van der Waals surface area contributed by atoms with Gasteiger partial charge in [0.2, 0.25) is 5.91 Å². The fourth-order valence-corrected chi connectivity index (χ4v) is 4.62. The van der Waals surface area contributed by atoms with Gasteiger partial charge in [-0.05, 0) is 42.7 Å². The number of aromatic nitrogens is 2. The number of para-hydroxylation sites is 1. The molecule has 1 aromatic heterocycles. The summed E-state index contributed by atoms with van der Waals surface area (Å²) in [5, 5.41) is 1.69. The molecule has 5 rings (SSSR count). The molecular formula is C23H24ClN5O. The van der Waals surface area contributed by atoms with Gasteiger partial charge >= 0.3 is 0 Å². The molecule has 0 atom stereocenters. The second kappa shape index (κ2) is 8.20. The molecule has 30 heavy (non-hydrogen) atoms. The zero-order valence-electron chi connectivity index (χ0n) is 16.8. The molecule has 154 valence electrons. The third-order valence-corrected chi connectivity index (χ3v) is 6.25. The Balaban J connectivity index is 1.25. The van der Waals surface area contributed by atoms with Gasteiger partial charge in [-0.2, -0.15) is 0 Å². The predicted octanol–water partition coefficient (Wildman–Crippen LogP) is 3.38. The van der Waals surface area contributed by atoms with Crippen molar-refractivity contribution in [1.82, 2.24) is 14.9 Å². The highest BCUT2D eigenvalue weighted by molar-refractivity contribution is 6.31. The zero-order chi connectivity index (χ0) is 20.5. The molecule has 0 aliphatic carbocycles. The van der Waals surface area contributed by atoms with Gasteiger partial charge in [-0.25, -0.2) is 9.97 Å². The van der Waals surface area contributed by atoms with Crippen molar-refractivity contribution in [3.05, 3.63) is 59.4 Å². The molecule has 7 heteroatoms. The molecule has 0 N–H and O–H groups in total. The molecule has 0 unspecified atom stereocenters. The van der Waals surface area contributed by atoms with Crippen LogP contribution < -0.4 is 9.80 Å². The van der Waals surface area contributed by atoms with E-state index in [0.29, 0.717) is 11.6 Å². The molecule has 1 fully saturated rings. The van der Waals surface area contributed by atoms with Crippen LogP contribution >= 0.6 is 11.6 Å². The number of hydrogen-bond donors (Lipinski definition) is 0. The summed E-state index contributed by atoms with van der Waals surface area (Å²) in [6.07, 6.45) is 3.68. The van der Waals surface area contributed by atoms with Crippen molar-refractivity contribution in [3.8, 4) is 0 Å². The Kier molecular flexibility index (Phi) is 5.27. The average molecular weight is 422 g/mol. The van der Waals surface area contributed by atoms with Crippen LogP contribution in [0.5, 0.6) is 0 Å². The first-order valence-corrected chi connectivity index (χ1v) is 10.8. The standard InChI is InChI=1S/C23H24ClN5O/c24-18-7-8-19-20(14-18)25-16-26-23(19)28-12-10-27(11-13-28)15-22(30)29-9-3-5-17-4-1-2-6-21(17)29/h1-2,4,6-8,14,16H,3,5,9-13,15H2. The quantitative estimate of drug-likeness (QED) is 0.648. The number of hydrogen-bond acceptors (Lipinski definition) is 5. The number of anilines is 2. The van der Waals surface area contributed by atoms with E-state index < -0.39 is 0 Å². The lowest BCUT2D eigenvalue weighted by Crippen LogP contribution is -2.51. The number of carbonyl (C=O) groups is 1. The summed E-state index contributed by atoms with van der Waals surface area (Å²) in [4.78, 5) is 28.4. The second-order valence-electron chi connectivity index (χ2n) is 7.90. The molecule has 2 aliphatic heterocycles. The molecule has 6 nitrogen and oxygen atoms in total. The first-order valence-electron chi connectivity index (χ1n) is 10.4. The number of halogens is 1. The van der Waals surface area contributed by atoms with E-state index in [4.69, 9.17) is 11.6 Å². The van der Waals surface area contributed by atoms with E-state index in [9.17, 15) is 4.79 Å². The molecule has 0 spiro atoms. The minimum atomic E-state index is 0.192. The van der Waals surface area contributed by atoms with Crippen molar-refractivity contribution < 1.29 is 4.79 Å². The van der Waals surface area contributed by atoms with Crippen LogP contribution in [0.25, 0.3) is 10.9 Å². The molecule has 1 saturated heterocycles. The van der Waals surface area contributed by atoms with E-state index in [-0.39, 0.29) is 5.91 Å². The van der Waals surface area contributed by atoms with Crippen molar-refractivity contribution >= 4 is 39.9 Å². The minimum absolute atomic E-state index is 0.192. The summed E-state index contributed by atoms with van der Waals surface area (Å²) in [5.41, 5.74) is 3.21. The van der Waals surface area contributed by atoms with Crippen LogP contribution in [0.2, 0.25) is 5.02 Å². The maximum absolute atomic E-state index is 13.0. The van der Waals surface area contributed by atoms with E-state index in [0.717, 1.165) is 68.0 Å². The highest BCUT2D eigenvalue weighted by Gasteiger charge is 2.26. The van der Waals surface area contributed by atoms with Gasteiger partial charge in [-0.1, -0.05) is 29.8 Å². The zero-order valence-corrected chi connectivity index (χ0v) is 17.6. The predicted molar refractivity (Wildman–Crippen MR) is 120 cm³/mol. The first-order chi connectivity index (χ1) is 14.7. The molecular weight excluding hydrogens is 398 g/mol. The Hall–Kier alpha value is -2.70. The SMILES string of the molecule is O=C(CN1CCN(c2ncnc3cc(Cl)ccc23)CC1)N1CCCc2ccccc21. The van der Waals surface area contributed by atoms with Crippen LogP contribution in [0.4, 0.5) is 11.5 Å². The average Bonchev–Trinajstić information content (AvgIpc) is 2.78. The fraction of sp³-hybridized carbons (Fsp3) is 0.348. The number of rotatable bonds is 3. The Bertz CT molecular complexity index is 1080. The lowest BCUT2D eigenvalue weighted by molar-refractivity contribution is -0.119. The highest BCUT2D eigenvalue weighted by atomic mass is 35.5. The normalized spacial score (nSPS) is 17.2.